The van der Waals surface area contributed by atoms with Gasteiger partial charge in [0.2, 0.25) is 10.0 Å². The molecule has 1 unspecified atom stereocenters. The highest BCUT2D eigenvalue weighted by molar-refractivity contribution is 7.89. The van der Waals surface area contributed by atoms with Crippen LogP contribution in [0.1, 0.15) is 22.7 Å². The van der Waals surface area contributed by atoms with Gasteiger partial charge in [-0.2, -0.15) is 4.31 Å². The van der Waals surface area contributed by atoms with Crippen molar-refractivity contribution in [1.82, 2.24) is 9.21 Å². The smallest absolute Gasteiger partial charge is 0.307 e. The Labute approximate surface area is 199 Å². The third-order valence-electron chi connectivity index (χ3n) is 5.79. The Balaban J connectivity index is 1.62. The molecule has 0 spiro atoms. The molecular weight excluding hydrogens is 460 g/mol. The second kappa shape index (κ2) is 10.1. The maximum absolute atomic E-state index is 13.0. The van der Waals surface area contributed by atoms with Gasteiger partial charge in [0.25, 0.3) is 0 Å². The maximum Gasteiger partial charge on any atom is 0.307 e. The molecule has 0 aromatic heterocycles. The first-order valence-electron chi connectivity index (χ1n) is 10.7. The zero-order valence-corrected chi connectivity index (χ0v) is 19.5. The number of carboxylic acid groups (broad SMARTS) is 1. The Morgan fingerprint density at radius 1 is 0.879 bits per heavy atom. The van der Waals surface area contributed by atoms with Crippen LogP contribution in [0.25, 0.3) is 0 Å². The molecule has 4 rings (SSSR count). The van der Waals surface area contributed by atoms with Crippen LogP contribution in [0.4, 0.5) is 0 Å². The van der Waals surface area contributed by atoms with E-state index in [4.69, 9.17) is 11.6 Å². The summed E-state index contributed by atoms with van der Waals surface area (Å²) in [4.78, 5) is 13.8. The summed E-state index contributed by atoms with van der Waals surface area (Å²) in [5, 5.41) is 9.72. The Morgan fingerprint density at radius 2 is 1.48 bits per heavy atom. The van der Waals surface area contributed by atoms with Crippen LogP contribution in [0.5, 0.6) is 0 Å². The number of carbonyl (C=O) groups is 1. The van der Waals surface area contributed by atoms with Gasteiger partial charge in [-0.3, -0.25) is 9.69 Å². The van der Waals surface area contributed by atoms with Crippen molar-refractivity contribution < 1.29 is 18.3 Å². The van der Waals surface area contributed by atoms with Crippen molar-refractivity contribution in [2.45, 2.75) is 17.4 Å². The predicted octanol–water partition coefficient (Wildman–Crippen LogP) is 4.06. The summed E-state index contributed by atoms with van der Waals surface area (Å²) < 4.78 is 27.6. The molecule has 0 bridgehead atoms. The minimum atomic E-state index is -3.55. The molecule has 1 fully saturated rings. The molecule has 33 heavy (non-hydrogen) atoms. The number of carboxylic acids is 1. The maximum atomic E-state index is 13.0. The Hall–Kier alpha value is -2.71. The first-order chi connectivity index (χ1) is 15.8. The molecule has 1 N–H and O–H groups in total. The summed E-state index contributed by atoms with van der Waals surface area (Å²) in [5.41, 5.74) is 2.57. The van der Waals surface area contributed by atoms with Gasteiger partial charge in [-0.15, -0.1) is 0 Å². The van der Waals surface area contributed by atoms with Crippen molar-refractivity contribution in [1.29, 1.82) is 0 Å². The van der Waals surface area contributed by atoms with Crippen molar-refractivity contribution in [2.24, 2.45) is 0 Å². The molecule has 8 heteroatoms. The highest BCUT2D eigenvalue weighted by Gasteiger charge is 2.32. The quantitative estimate of drug-likeness (QED) is 0.547. The molecule has 1 atom stereocenters. The van der Waals surface area contributed by atoms with Crippen LogP contribution in [-0.2, 0) is 21.2 Å². The van der Waals surface area contributed by atoms with E-state index in [-0.39, 0.29) is 12.5 Å². The highest BCUT2D eigenvalue weighted by atomic mass is 35.5. The number of piperazine rings is 1. The molecule has 3 aromatic rings. The van der Waals surface area contributed by atoms with Gasteiger partial charge in [-0.05, 0) is 41.0 Å². The minimum absolute atomic E-state index is 0.113. The molecule has 3 aromatic carbocycles. The van der Waals surface area contributed by atoms with Crippen LogP contribution < -0.4 is 0 Å². The fourth-order valence-electron chi connectivity index (χ4n) is 4.30. The Morgan fingerprint density at radius 3 is 2.09 bits per heavy atom. The summed E-state index contributed by atoms with van der Waals surface area (Å²) in [7, 11) is -3.55. The van der Waals surface area contributed by atoms with Crippen molar-refractivity contribution >= 4 is 27.6 Å². The topological polar surface area (TPSA) is 77.9 Å². The predicted molar refractivity (Wildman–Crippen MR) is 128 cm³/mol. The molecule has 1 saturated heterocycles. The fraction of sp³-hybridized carbons (Fsp3) is 0.240. The zero-order chi connectivity index (χ0) is 23.4. The van der Waals surface area contributed by atoms with E-state index in [9.17, 15) is 18.3 Å². The molecule has 1 aliphatic rings. The van der Waals surface area contributed by atoms with Gasteiger partial charge >= 0.3 is 5.97 Å². The lowest BCUT2D eigenvalue weighted by Gasteiger charge is -2.39. The Kier molecular flexibility index (Phi) is 7.14. The number of rotatable bonds is 7. The van der Waals surface area contributed by atoms with Crippen LogP contribution in [0, 0.1) is 0 Å². The van der Waals surface area contributed by atoms with E-state index in [1.165, 1.54) is 4.31 Å². The summed E-state index contributed by atoms with van der Waals surface area (Å²) in [6.07, 6.45) is -0.113. The van der Waals surface area contributed by atoms with Gasteiger partial charge in [0, 0.05) is 31.2 Å². The van der Waals surface area contributed by atoms with Crippen LogP contribution in [0.3, 0.4) is 0 Å². The number of aliphatic carboxylic acids is 1. The largest absolute Gasteiger partial charge is 0.481 e. The molecule has 0 saturated carbocycles. The van der Waals surface area contributed by atoms with Crippen molar-refractivity contribution in [2.75, 3.05) is 26.2 Å². The van der Waals surface area contributed by atoms with Gasteiger partial charge < -0.3 is 5.11 Å². The Bertz CT molecular complexity index is 1210. The third kappa shape index (κ3) is 5.45. The first-order valence-corrected chi connectivity index (χ1v) is 12.5. The molecule has 0 amide bonds. The van der Waals surface area contributed by atoms with E-state index in [0.29, 0.717) is 41.7 Å². The molecule has 172 valence electrons. The van der Waals surface area contributed by atoms with Crippen molar-refractivity contribution in [3.05, 3.63) is 101 Å². The third-order valence-corrected chi connectivity index (χ3v) is 7.92. The summed E-state index contributed by atoms with van der Waals surface area (Å²) in [5.74, 6) is -0.917. The van der Waals surface area contributed by atoms with Crippen molar-refractivity contribution in [3.63, 3.8) is 0 Å². The monoisotopic (exact) mass is 484 g/mol. The van der Waals surface area contributed by atoms with Gasteiger partial charge in [0.05, 0.1) is 17.4 Å². The normalized spacial score (nSPS) is 16.4. The second-order valence-corrected chi connectivity index (χ2v) is 10.4. The average Bonchev–Trinajstić information content (AvgIpc) is 2.80. The molecule has 0 aliphatic carbocycles. The number of benzene rings is 3. The van der Waals surface area contributed by atoms with Crippen LogP contribution in [-0.4, -0.2) is 54.9 Å². The lowest BCUT2D eigenvalue weighted by Crippen LogP contribution is -2.49. The van der Waals surface area contributed by atoms with E-state index in [1.807, 2.05) is 42.5 Å². The van der Waals surface area contributed by atoms with E-state index in [0.717, 1.165) is 11.1 Å². The first kappa shape index (κ1) is 23.4. The zero-order valence-electron chi connectivity index (χ0n) is 18.0. The summed E-state index contributed by atoms with van der Waals surface area (Å²) >= 11 is 6.36. The van der Waals surface area contributed by atoms with Crippen LogP contribution >= 0.6 is 11.6 Å². The molecule has 6 nitrogen and oxygen atoms in total. The van der Waals surface area contributed by atoms with Crippen molar-refractivity contribution in [3.8, 4) is 0 Å². The number of hydrogen-bond acceptors (Lipinski definition) is 4. The summed E-state index contributed by atoms with van der Waals surface area (Å²) in [6.45, 7) is 1.80. The van der Waals surface area contributed by atoms with E-state index in [1.54, 1.807) is 36.4 Å². The van der Waals surface area contributed by atoms with Crippen LogP contribution in [0.15, 0.2) is 83.8 Å². The number of halogens is 1. The second-order valence-electron chi connectivity index (χ2n) is 8.03. The number of nitrogens with zero attached hydrogens (tertiary/aromatic N) is 2. The standard InChI is InChI=1S/C25H25ClN2O4S/c26-22-16-19(17-24(29)30)15-21(18-22)25(20-7-3-1-4-8-20)27-11-13-28(14-12-27)33(31,32)23-9-5-2-6-10-23/h1-10,15-16,18,25H,11-14,17H2,(H,29,30). The lowest BCUT2D eigenvalue weighted by atomic mass is 9.94. The van der Waals surface area contributed by atoms with Crippen LogP contribution in [0.2, 0.25) is 5.02 Å². The van der Waals surface area contributed by atoms with Gasteiger partial charge in [0.1, 0.15) is 0 Å². The SMILES string of the molecule is O=C(O)Cc1cc(Cl)cc(C(c2ccccc2)N2CCN(S(=O)(=O)c3ccccc3)CC2)c1. The van der Waals surface area contributed by atoms with E-state index in [2.05, 4.69) is 4.90 Å². The summed E-state index contributed by atoms with van der Waals surface area (Å²) in [6, 6.07) is 23.6. The molecule has 0 radical (unpaired) electrons. The number of hydrogen-bond donors (Lipinski definition) is 1. The molecule has 1 aliphatic heterocycles. The lowest BCUT2D eigenvalue weighted by molar-refractivity contribution is -0.136. The average molecular weight is 485 g/mol. The molecular formula is C25H25ClN2O4S. The van der Waals surface area contributed by atoms with E-state index >= 15 is 0 Å². The number of sulfonamides is 1. The van der Waals surface area contributed by atoms with Gasteiger partial charge in [-0.25, -0.2) is 8.42 Å². The van der Waals surface area contributed by atoms with Gasteiger partial charge in [0.15, 0.2) is 0 Å². The van der Waals surface area contributed by atoms with E-state index < -0.39 is 16.0 Å². The fourth-order valence-corrected chi connectivity index (χ4v) is 6.01. The minimum Gasteiger partial charge on any atom is -0.481 e. The molecule has 1 heterocycles. The van der Waals surface area contributed by atoms with Gasteiger partial charge in [-0.1, -0.05) is 66.2 Å². The highest BCUT2D eigenvalue weighted by Crippen LogP contribution is 2.33.